The molecule has 1 heterocycles. The van der Waals surface area contributed by atoms with Crippen molar-refractivity contribution in [3.63, 3.8) is 0 Å². The molecule has 0 radical (unpaired) electrons. The summed E-state index contributed by atoms with van der Waals surface area (Å²) in [5.41, 5.74) is 0.804. The van der Waals surface area contributed by atoms with Gasteiger partial charge in [-0.05, 0) is 36.4 Å². The summed E-state index contributed by atoms with van der Waals surface area (Å²) in [5, 5.41) is 0. The van der Waals surface area contributed by atoms with E-state index in [2.05, 4.69) is 0 Å². The third-order valence-corrected chi connectivity index (χ3v) is 3.22. The maximum absolute atomic E-state index is 13.4. The number of fused-ring (bicyclic) bond motifs is 1. The van der Waals surface area contributed by atoms with Crippen molar-refractivity contribution in [2.45, 2.75) is 0 Å². The van der Waals surface area contributed by atoms with Gasteiger partial charge in [-0.25, -0.2) is 4.39 Å². The molecule has 108 valence electrons. The first-order valence-electron chi connectivity index (χ1n) is 6.47. The SMILES string of the molecule is COc1cc(C(=O)c2ccc3c(c2)OCCO3)ccc1F. The van der Waals surface area contributed by atoms with Crippen LogP contribution in [0.2, 0.25) is 0 Å². The van der Waals surface area contributed by atoms with Crippen molar-refractivity contribution in [3.05, 3.63) is 53.3 Å². The first-order valence-corrected chi connectivity index (χ1v) is 6.47. The van der Waals surface area contributed by atoms with Crippen LogP contribution in [-0.2, 0) is 0 Å². The largest absolute Gasteiger partial charge is 0.494 e. The zero-order valence-electron chi connectivity index (χ0n) is 11.4. The first kappa shape index (κ1) is 13.4. The van der Waals surface area contributed by atoms with Gasteiger partial charge in [-0.15, -0.1) is 0 Å². The summed E-state index contributed by atoms with van der Waals surface area (Å²) in [4.78, 5) is 12.4. The molecular formula is C16H13FO4. The predicted molar refractivity (Wildman–Crippen MR) is 73.8 cm³/mol. The van der Waals surface area contributed by atoms with E-state index in [1.54, 1.807) is 18.2 Å². The molecule has 1 aliphatic heterocycles. The predicted octanol–water partition coefficient (Wildman–Crippen LogP) is 2.84. The van der Waals surface area contributed by atoms with Crippen LogP contribution in [0, 0.1) is 5.82 Å². The van der Waals surface area contributed by atoms with Crippen molar-refractivity contribution < 1.29 is 23.4 Å². The monoisotopic (exact) mass is 288 g/mol. The van der Waals surface area contributed by atoms with E-state index in [-0.39, 0.29) is 11.5 Å². The van der Waals surface area contributed by atoms with Crippen molar-refractivity contribution in [2.75, 3.05) is 20.3 Å². The number of halogens is 1. The molecule has 0 aromatic heterocycles. The minimum atomic E-state index is -0.503. The molecule has 0 fully saturated rings. The molecule has 0 aliphatic carbocycles. The molecule has 0 saturated heterocycles. The molecule has 1 aliphatic rings. The van der Waals surface area contributed by atoms with Crippen LogP contribution in [-0.4, -0.2) is 26.1 Å². The van der Waals surface area contributed by atoms with Gasteiger partial charge in [0.1, 0.15) is 13.2 Å². The zero-order valence-corrected chi connectivity index (χ0v) is 11.4. The Labute approximate surface area is 121 Å². The summed E-state index contributed by atoms with van der Waals surface area (Å²) in [6.45, 7) is 0.949. The molecule has 0 N–H and O–H groups in total. The number of benzene rings is 2. The fourth-order valence-electron chi connectivity index (χ4n) is 2.15. The van der Waals surface area contributed by atoms with Gasteiger partial charge in [-0.1, -0.05) is 0 Å². The van der Waals surface area contributed by atoms with Crippen LogP contribution in [0.1, 0.15) is 15.9 Å². The van der Waals surface area contributed by atoms with Crippen molar-refractivity contribution in [1.82, 2.24) is 0 Å². The molecule has 3 rings (SSSR count). The highest BCUT2D eigenvalue weighted by Gasteiger charge is 2.17. The average molecular weight is 288 g/mol. The Balaban J connectivity index is 1.95. The number of ketones is 1. The van der Waals surface area contributed by atoms with E-state index in [0.717, 1.165) is 0 Å². The summed E-state index contributed by atoms with van der Waals surface area (Å²) >= 11 is 0. The van der Waals surface area contributed by atoms with Crippen molar-refractivity contribution in [2.24, 2.45) is 0 Å². The Bertz CT molecular complexity index is 697. The molecule has 0 atom stereocenters. The first-order chi connectivity index (χ1) is 10.2. The highest BCUT2D eigenvalue weighted by Crippen LogP contribution is 2.31. The maximum Gasteiger partial charge on any atom is 0.193 e. The van der Waals surface area contributed by atoms with Crippen molar-refractivity contribution in [1.29, 1.82) is 0 Å². The van der Waals surface area contributed by atoms with Gasteiger partial charge in [0, 0.05) is 11.1 Å². The summed E-state index contributed by atoms with van der Waals surface area (Å²) in [7, 11) is 1.36. The van der Waals surface area contributed by atoms with Crippen LogP contribution in [0.5, 0.6) is 17.2 Å². The number of hydrogen-bond acceptors (Lipinski definition) is 4. The minimum Gasteiger partial charge on any atom is -0.494 e. The number of methoxy groups -OCH3 is 1. The number of carbonyl (C=O) groups is 1. The lowest BCUT2D eigenvalue weighted by Gasteiger charge is -2.18. The molecule has 0 spiro atoms. The highest BCUT2D eigenvalue weighted by molar-refractivity contribution is 6.09. The third kappa shape index (κ3) is 2.54. The van der Waals surface area contributed by atoms with E-state index in [0.29, 0.717) is 35.8 Å². The van der Waals surface area contributed by atoms with Crippen LogP contribution in [0.4, 0.5) is 4.39 Å². The lowest BCUT2D eigenvalue weighted by Crippen LogP contribution is -2.15. The van der Waals surface area contributed by atoms with Gasteiger partial charge in [0.25, 0.3) is 0 Å². The van der Waals surface area contributed by atoms with Gasteiger partial charge < -0.3 is 14.2 Å². The van der Waals surface area contributed by atoms with Crippen LogP contribution in [0.15, 0.2) is 36.4 Å². The Morgan fingerprint density at radius 2 is 1.71 bits per heavy atom. The van der Waals surface area contributed by atoms with Gasteiger partial charge in [-0.3, -0.25) is 4.79 Å². The van der Waals surface area contributed by atoms with Gasteiger partial charge in [0.05, 0.1) is 7.11 Å². The summed E-state index contributed by atoms with van der Waals surface area (Å²) in [5.74, 6) is 0.468. The minimum absolute atomic E-state index is 0.0402. The van der Waals surface area contributed by atoms with Gasteiger partial charge in [-0.2, -0.15) is 0 Å². The second-order valence-electron chi connectivity index (χ2n) is 4.54. The van der Waals surface area contributed by atoms with E-state index in [4.69, 9.17) is 14.2 Å². The van der Waals surface area contributed by atoms with Crippen LogP contribution >= 0.6 is 0 Å². The van der Waals surface area contributed by atoms with E-state index >= 15 is 0 Å². The molecule has 0 amide bonds. The third-order valence-electron chi connectivity index (χ3n) is 3.22. The number of hydrogen-bond donors (Lipinski definition) is 0. The van der Waals surface area contributed by atoms with E-state index in [9.17, 15) is 9.18 Å². The Hall–Kier alpha value is -2.56. The molecule has 2 aromatic rings. The zero-order chi connectivity index (χ0) is 14.8. The van der Waals surface area contributed by atoms with Gasteiger partial charge >= 0.3 is 0 Å². The number of ether oxygens (including phenoxy) is 3. The standard InChI is InChI=1S/C16H13FO4/c1-19-14-8-10(2-4-12(14)17)16(18)11-3-5-13-15(9-11)21-7-6-20-13/h2-5,8-9H,6-7H2,1H3. The molecule has 4 nitrogen and oxygen atoms in total. The van der Waals surface area contributed by atoms with E-state index in [1.807, 2.05) is 0 Å². The van der Waals surface area contributed by atoms with Crippen LogP contribution in [0.25, 0.3) is 0 Å². The second kappa shape index (κ2) is 5.44. The molecular weight excluding hydrogens is 275 g/mol. The second-order valence-corrected chi connectivity index (χ2v) is 4.54. The van der Waals surface area contributed by atoms with Crippen LogP contribution in [0.3, 0.4) is 0 Å². The van der Waals surface area contributed by atoms with Crippen molar-refractivity contribution >= 4 is 5.78 Å². The Morgan fingerprint density at radius 3 is 2.48 bits per heavy atom. The summed E-state index contributed by atoms with van der Waals surface area (Å²) < 4.78 is 29.1. The quantitative estimate of drug-likeness (QED) is 0.815. The topological polar surface area (TPSA) is 44.8 Å². The maximum atomic E-state index is 13.4. The van der Waals surface area contributed by atoms with Crippen molar-refractivity contribution in [3.8, 4) is 17.2 Å². The molecule has 0 bridgehead atoms. The number of carbonyl (C=O) groups excluding carboxylic acids is 1. The van der Waals surface area contributed by atoms with E-state index < -0.39 is 5.82 Å². The molecule has 0 unspecified atom stereocenters. The fraction of sp³-hybridized carbons (Fsp3) is 0.188. The summed E-state index contributed by atoms with van der Waals surface area (Å²) in [6, 6.07) is 9.01. The molecule has 2 aromatic carbocycles. The lowest BCUT2D eigenvalue weighted by atomic mass is 10.0. The highest BCUT2D eigenvalue weighted by atomic mass is 19.1. The van der Waals surface area contributed by atoms with E-state index in [1.165, 1.54) is 25.3 Å². The van der Waals surface area contributed by atoms with Gasteiger partial charge in [0.15, 0.2) is 28.8 Å². The fourth-order valence-corrected chi connectivity index (χ4v) is 2.15. The van der Waals surface area contributed by atoms with Gasteiger partial charge in [0.2, 0.25) is 0 Å². The Morgan fingerprint density at radius 1 is 1.05 bits per heavy atom. The smallest absolute Gasteiger partial charge is 0.193 e. The normalized spacial score (nSPS) is 12.9. The summed E-state index contributed by atoms with van der Waals surface area (Å²) in [6.07, 6.45) is 0. The average Bonchev–Trinajstić information content (AvgIpc) is 2.54. The molecule has 5 heteroatoms. The molecule has 0 saturated carbocycles. The van der Waals surface area contributed by atoms with Crippen LogP contribution < -0.4 is 14.2 Å². The Kier molecular flexibility index (Phi) is 3.48. The molecule has 21 heavy (non-hydrogen) atoms. The lowest BCUT2D eigenvalue weighted by molar-refractivity contribution is 0.103. The number of rotatable bonds is 3.